The van der Waals surface area contributed by atoms with Crippen LogP contribution in [0, 0.1) is 0 Å². The molecule has 0 bridgehead atoms. The monoisotopic (exact) mass is 505 g/mol. The van der Waals surface area contributed by atoms with E-state index in [0.29, 0.717) is 27.9 Å². The Morgan fingerprint density at radius 1 is 1.17 bits per heavy atom. The van der Waals surface area contributed by atoms with Gasteiger partial charge in [-0.05, 0) is 48.5 Å². The molecule has 0 aliphatic carbocycles. The number of fused-ring (bicyclic) bond motifs is 1. The second-order valence-corrected chi connectivity index (χ2v) is 9.01. The van der Waals surface area contributed by atoms with Crippen LogP contribution in [0.1, 0.15) is 0 Å². The van der Waals surface area contributed by atoms with Crippen LogP contribution >= 0.6 is 22.9 Å². The Hall–Kier alpha value is -3.88. The summed E-state index contributed by atoms with van der Waals surface area (Å²) in [6.45, 7) is -0.276. The van der Waals surface area contributed by atoms with E-state index in [1.807, 2.05) is 41.8 Å². The second-order valence-electron chi connectivity index (χ2n) is 7.75. The number of anilines is 2. The Morgan fingerprint density at radius 2 is 1.97 bits per heavy atom. The Morgan fingerprint density at radius 3 is 2.74 bits per heavy atom. The van der Waals surface area contributed by atoms with Crippen molar-refractivity contribution in [2.24, 2.45) is 0 Å². The minimum atomic E-state index is -0.323. The normalized spacial score (nSPS) is 12.6. The van der Waals surface area contributed by atoms with E-state index in [1.54, 1.807) is 37.4 Å². The molecule has 2 heterocycles. The molecule has 3 aromatic carbocycles. The van der Waals surface area contributed by atoms with Crippen molar-refractivity contribution >= 4 is 46.1 Å². The largest absolute Gasteiger partial charge is 0.497 e. The van der Waals surface area contributed by atoms with E-state index in [1.165, 1.54) is 16.2 Å². The van der Waals surface area contributed by atoms with Gasteiger partial charge in [-0.3, -0.25) is 14.5 Å². The number of carbonyl (C=O) groups is 2. The van der Waals surface area contributed by atoms with Gasteiger partial charge in [0, 0.05) is 22.2 Å². The molecule has 0 saturated heterocycles. The quantitative estimate of drug-likeness (QED) is 0.374. The molecule has 35 heavy (non-hydrogen) atoms. The van der Waals surface area contributed by atoms with Gasteiger partial charge >= 0.3 is 0 Å². The first kappa shape index (κ1) is 22.9. The molecule has 0 fully saturated rings. The van der Waals surface area contributed by atoms with E-state index < -0.39 is 0 Å². The van der Waals surface area contributed by atoms with Crippen LogP contribution in [0.25, 0.3) is 21.8 Å². The summed E-state index contributed by atoms with van der Waals surface area (Å²) in [5.41, 5.74) is 3.54. The van der Waals surface area contributed by atoms with Crippen molar-refractivity contribution in [3.8, 4) is 33.3 Å². The maximum absolute atomic E-state index is 12.7. The Bertz CT molecular complexity index is 1400. The number of aromatic nitrogens is 1. The van der Waals surface area contributed by atoms with Crippen LogP contribution in [0.15, 0.2) is 72.1 Å². The standard InChI is InChI=1S/C26H20ClN3O4S/c1-33-18-9-7-17(8-10-18)28-24(31)13-30-22-12-16(6-11-23(22)34-14-25(30)32)21-15-35-26(29-21)19-4-2-3-5-20(19)27/h2-12,15H,13-14H2,1H3,(H,28,31). The van der Waals surface area contributed by atoms with Crippen LogP contribution in [0.5, 0.6) is 11.5 Å². The molecule has 0 saturated carbocycles. The van der Waals surface area contributed by atoms with Gasteiger partial charge in [-0.15, -0.1) is 11.3 Å². The third-order valence-corrected chi connectivity index (χ3v) is 6.69. The summed E-state index contributed by atoms with van der Waals surface area (Å²) in [6.07, 6.45) is 0. The lowest BCUT2D eigenvalue weighted by atomic mass is 10.1. The van der Waals surface area contributed by atoms with Gasteiger partial charge in [-0.25, -0.2) is 4.98 Å². The van der Waals surface area contributed by atoms with Gasteiger partial charge < -0.3 is 14.8 Å². The van der Waals surface area contributed by atoms with Crippen molar-refractivity contribution in [3.05, 3.63) is 77.1 Å². The molecule has 7 nitrogen and oxygen atoms in total. The van der Waals surface area contributed by atoms with Crippen molar-refractivity contribution in [3.63, 3.8) is 0 Å². The Labute approximate surface area is 210 Å². The topological polar surface area (TPSA) is 80.8 Å². The number of rotatable bonds is 6. The van der Waals surface area contributed by atoms with Crippen LogP contribution in [0.4, 0.5) is 11.4 Å². The van der Waals surface area contributed by atoms with E-state index in [0.717, 1.165) is 21.8 Å². The molecular weight excluding hydrogens is 486 g/mol. The lowest BCUT2D eigenvalue weighted by molar-refractivity contribution is -0.123. The number of thiazole rings is 1. The predicted molar refractivity (Wildman–Crippen MR) is 137 cm³/mol. The molecular formula is C26H20ClN3O4S. The summed E-state index contributed by atoms with van der Waals surface area (Å²) in [7, 11) is 1.58. The molecule has 0 radical (unpaired) electrons. The van der Waals surface area contributed by atoms with E-state index in [9.17, 15) is 9.59 Å². The van der Waals surface area contributed by atoms with Crippen molar-refractivity contribution in [2.45, 2.75) is 0 Å². The summed E-state index contributed by atoms with van der Waals surface area (Å²) < 4.78 is 10.7. The summed E-state index contributed by atoms with van der Waals surface area (Å²) in [5, 5.41) is 6.18. The highest BCUT2D eigenvalue weighted by Crippen LogP contribution is 2.38. The fraction of sp³-hybridized carbons (Fsp3) is 0.115. The average Bonchev–Trinajstić information content (AvgIpc) is 3.36. The summed E-state index contributed by atoms with van der Waals surface area (Å²) >= 11 is 7.81. The molecule has 0 spiro atoms. The molecule has 0 unspecified atom stereocenters. The number of hydrogen-bond acceptors (Lipinski definition) is 6. The first-order valence-electron chi connectivity index (χ1n) is 10.7. The van der Waals surface area contributed by atoms with Gasteiger partial charge in [0.05, 0.1) is 23.5 Å². The van der Waals surface area contributed by atoms with Crippen molar-refractivity contribution < 1.29 is 19.1 Å². The SMILES string of the molecule is COc1ccc(NC(=O)CN2C(=O)COc3ccc(-c4csc(-c5ccccc5Cl)n4)cc32)cc1. The molecule has 0 atom stereocenters. The number of ether oxygens (including phenoxy) is 2. The minimum Gasteiger partial charge on any atom is -0.497 e. The number of methoxy groups -OCH3 is 1. The first-order chi connectivity index (χ1) is 17.0. The second kappa shape index (κ2) is 9.77. The minimum absolute atomic E-state index is 0.129. The van der Waals surface area contributed by atoms with Crippen molar-refractivity contribution in [2.75, 3.05) is 30.5 Å². The van der Waals surface area contributed by atoms with E-state index in [2.05, 4.69) is 5.32 Å². The van der Waals surface area contributed by atoms with Gasteiger partial charge in [0.1, 0.15) is 23.1 Å². The van der Waals surface area contributed by atoms with Gasteiger partial charge in [0.15, 0.2) is 6.61 Å². The van der Waals surface area contributed by atoms with Crippen LogP contribution in [0.2, 0.25) is 5.02 Å². The third-order valence-electron chi connectivity index (χ3n) is 5.48. The van der Waals surface area contributed by atoms with Gasteiger partial charge in [0.2, 0.25) is 5.91 Å². The molecule has 176 valence electrons. The van der Waals surface area contributed by atoms with Gasteiger partial charge in [-0.2, -0.15) is 0 Å². The zero-order valence-corrected chi connectivity index (χ0v) is 20.2. The molecule has 1 aliphatic heterocycles. The highest BCUT2D eigenvalue weighted by molar-refractivity contribution is 7.13. The molecule has 1 aliphatic rings. The van der Waals surface area contributed by atoms with Crippen LogP contribution < -0.4 is 19.7 Å². The molecule has 4 aromatic rings. The third kappa shape index (κ3) is 4.84. The molecule has 2 amide bonds. The lowest BCUT2D eigenvalue weighted by Gasteiger charge is -2.29. The fourth-order valence-corrected chi connectivity index (χ4v) is 4.87. The number of hydrogen-bond donors (Lipinski definition) is 1. The maximum Gasteiger partial charge on any atom is 0.265 e. The maximum atomic E-state index is 12.7. The Balaban J connectivity index is 1.39. The van der Waals surface area contributed by atoms with Gasteiger partial charge in [-0.1, -0.05) is 29.8 Å². The summed E-state index contributed by atoms with van der Waals surface area (Å²) in [4.78, 5) is 31.6. The van der Waals surface area contributed by atoms with Gasteiger partial charge in [0.25, 0.3) is 5.91 Å². The first-order valence-corrected chi connectivity index (χ1v) is 12.0. The fourth-order valence-electron chi connectivity index (χ4n) is 3.72. The van der Waals surface area contributed by atoms with E-state index in [4.69, 9.17) is 26.1 Å². The van der Waals surface area contributed by atoms with E-state index >= 15 is 0 Å². The number of nitrogens with one attached hydrogen (secondary N) is 1. The Kier molecular flexibility index (Phi) is 6.39. The number of benzene rings is 3. The average molecular weight is 506 g/mol. The van der Waals surface area contributed by atoms with E-state index in [-0.39, 0.29) is 25.0 Å². The van der Waals surface area contributed by atoms with Crippen molar-refractivity contribution in [1.29, 1.82) is 0 Å². The zero-order chi connectivity index (χ0) is 24.4. The number of halogens is 1. The summed E-state index contributed by atoms with van der Waals surface area (Å²) in [5.74, 6) is 0.602. The molecule has 9 heteroatoms. The van der Waals surface area contributed by atoms with Crippen LogP contribution in [-0.2, 0) is 9.59 Å². The van der Waals surface area contributed by atoms with Crippen molar-refractivity contribution in [1.82, 2.24) is 4.98 Å². The smallest absolute Gasteiger partial charge is 0.265 e. The summed E-state index contributed by atoms with van der Waals surface area (Å²) in [6, 6.07) is 20.0. The zero-order valence-electron chi connectivity index (χ0n) is 18.7. The highest BCUT2D eigenvalue weighted by atomic mass is 35.5. The number of nitrogens with zero attached hydrogens (tertiary/aromatic N) is 2. The lowest BCUT2D eigenvalue weighted by Crippen LogP contribution is -2.43. The molecule has 1 N–H and O–H groups in total. The molecule has 1 aromatic heterocycles. The number of amides is 2. The molecule has 5 rings (SSSR count). The predicted octanol–water partition coefficient (Wildman–Crippen LogP) is 5.50. The highest BCUT2D eigenvalue weighted by Gasteiger charge is 2.28. The van der Waals surface area contributed by atoms with Crippen LogP contribution in [0.3, 0.4) is 0 Å². The number of carbonyl (C=O) groups excluding carboxylic acids is 2. The van der Waals surface area contributed by atoms with Crippen LogP contribution in [-0.4, -0.2) is 37.1 Å².